The van der Waals surface area contributed by atoms with Gasteiger partial charge in [0, 0.05) is 6.42 Å². The SMILES string of the molecule is CC1(C(=O)[N+]2=CCC(B3OC(C)(C)C(C)(C)O3)=CC2)COC1. The van der Waals surface area contributed by atoms with Crippen LogP contribution in [0.5, 0.6) is 0 Å². The summed E-state index contributed by atoms with van der Waals surface area (Å²) >= 11 is 0. The Morgan fingerprint density at radius 2 is 1.73 bits per heavy atom. The van der Waals surface area contributed by atoms with Crippen molar-refractivity contribution in [2.75, 3.05) is 19.8 Å². The minimum atomic E-state index is -0.355. The number of nitrogens with zero attached hydrogens (tertiary/aromatic N) is 1. The summed E-state index contributed by atoms with van der Waals surface area (Å²) in [6.07, 6.45) is 4.69. The van der Waals surface area contributed by atoms with Gasteiger partial charge >= 0.3 is 13.0 Å². The van der Waals surface area contributed by atoms with Gasteiger partial charge in [0.05, 0.1) is 24.4 Å². The molecule has 0 atom stereocenters. The lowest BCUT2D eigenvalue weighted by molar-refractivity contribution is -0.450. The van der Waals surface area contributed by atoms with Crippen molar-refractivity contribution in [3.05, 3.63) is 11.5 Å². The van der Waals surface area contributed by atoms with E-state index in [0.29, 0.717) is 26.2 Å². The number of carbonyl (C=O) groups excluding carboxylic acids is 1. The normalized spacial score (nSPS) is 28.7. The first-order valence-electron chi connectivity index (χ1n) is 7.91. The highest BCUT2D eigenvalue weighted by molar-refractivity contribution is 6.55. The quantitative estimate of drug-likeness (QED) is 0.574. The number of hydrogen-bond donors (Lipinski definition) is 0. The standard InChI is InChI=1S/C16H25BNO4/c1-14(2)15(3,4)22-17(21-14)12-6-8-18(9-7-12)13(19)16(5)10-20-11-16/h6,9H,7-8,10-11H2,1-5H3/q+1. The van der Waals surface area contributed by atoms with Crippen LogP contribution in [-0.2, 0) is 18.8 Å². The largest absolute Gasteiger partial charge is 0.491 e. The Balaban J connectivity index is 1.65. The number of allylic oxidation sites excluding steroid dienone is 1. The van der Waals surface area contributed by atoms with Crippen molar-refractivity contribution < 1.29 is 23.4 Å². The minimum Gasteiger partial charge on any atom is -0.400 e. The molecule has 3 heterocycles. The lowest BCUT2D eigenvalue weighted by Crippen LogP contribution is -2.51. The van der Waals surface area contributed by atoms with Gasteiger partial charge in [0.15, 0.2) is 12.8 Å². The Bertz CT molecular complexity index is 544. The molecule has 1 amide bonds. The highest BCUT2D eigenvalue weighted by atomic mass is 16.7. The van der Waals surface area contributed by atoms with E-state index in [4.69, 9.17) is 14.0 Å². The van der Waals surface area contributed by atoms with E-state index >= 15 is 0 Å². The van der Waals surface area contributed by atoms with Crippen LogP contribution in [-0.4, -0.2) is 54.8 Å². The van der Waals surface area contributed by atoms with Crippen molar-refractivity contribution in [2.24, 2.45) is 5.41 Å². The van der Waals surface area contributed by atoms with E-state index in [1.807, 2.05) is 40.8 Å². The number of carbonyl (C=O) groups is 1. The molecule has 0 bridgehead atoms. The van der Waals surface area contributed by atoms with Crippen LogP contribution in [0.3, 0.4) is 0 Å². The molecule has 0 radical (unpaired) electrons. The minimum absolute atomic E-state index is 0.142. The van der Waals surface area contributed by atoms with Gasteiger partial charge in [0.1, 0.15) is 5.41 Å². The van der Waals surface area contributed by atoms with Crippen molar-refractivity contribution in [1.29, 1.82) is 0 Å². The van der Waals surface area contributed by atoms with Crippen molar-refractivity contribution in [3.8, 4) is 0 Å². The number of rotatable bonds is 2. The van der Waals surface area contributed by atoms with Gasteiger partial charge in [0.2, 0.25) is 0 Å². The maximum atomic E-state index is 12.5. The smallest absolute Gasteiger partial charge is 0.400 e. The Labute approximate surface area is 132 Å². The van der Waals surface area contributed by atoms with Crippen molar-refractivity contribution >= 4 is 19.2 Å². The van der Waals surface area contributed by atoms with Crippen LogP contribution in [0.1, 0.15) is 41.0 Å². The second-order valence-electron chi connectivity index (χ2n) is 7.76. The third kappa shape index (κ3) is 2.47. The molecule has 120 valence electrons. The van der Waals surface area contributed by atoms with E-state index in [1.165, 1.54) is 0 Å². The summed E-state index contributed by atoms with van der Waals surface area (Å²) in [5.41, 5.74) is 0.0778. The maximum absolute atomic E-state index is 12.5. The zero-order chi connectivity index (χ0) is 16.2. The van der Waals surface area contributed by atoms with E-state index in [-0.39, 0.29) is 29.6 Å². The molecular formula is C16H25BNO4+. The van der Waals surface area contributed by atoms with Gasteiger partial charge in [-0.25, -0.2) is 4.79 Å². The average molecular weight is 306 g/mol. The monoisotopic (exact) mass is 306 g/mol. The Morgan fingerprint density at radius 3 is 2.14 bits per heavy atom. The Hall–Kier alpha value is -0.975. The summed E-state index contributed by atoms with van der Waals surface area (Å²) in [6, 6.07) is 0. The third-order valence-corrected chi connectivity index (χ3v) is 5.27. The van der Waals surface area contributed by atoms with Gasteiger partial charge in [-0.05, 0) is 46.2 Å². The molecular weight excluding hydrogens is 281 g/mol. The third-order valence-electron chi connectivity index (χ3n) is 5.27. The van der Waals surface area contributed by atoms with Gasteiger partial charge in [0.25, 0.3) is 0 Å². The predicted molar refractivity (Wildman–Crippen MR) is 83.9 cm³/mol. The van der Waals surface area contributed by atoms with Crippen LogP contribution in [0, 0.1) is 5.41 Å². The van der Waals surface area contributed by atoms with Crippen molar-refractivity contribution in [1.82, 2.24) is 0 Å². The second-order valence-corrected chi connectivity index (χ2v) is 7.76. The van der Waals surface area contributed by atoms with Gasteiger partial charge in [-0.15, -0.1) is 0 Å². The topological polar surface area (TPSA) is 47.8 Å². The molecule has 0 saturated carbocycles. The second kappa shape index (κ2) is 5.01. The fraction of sp³-hybridized carbons (Fsp3) is 0.750. The highest BCUT2D eigenvalue weighted by Gasteiger charge is 2.53. The van der Waals surface area contributed by atoms with Crippen molar-refractivity contribution in [3.63, 3.8) is 0 Å². The Kier molecular flexibility index (Phi) is 3.62. The van der Waals surface area contributed by atoms with Gasteiger partial charge < -0.3 is 14.0 Å². The molecule has 3 rings (SSSR count). The number of amides is 1. The molecule has 22 heavy (non-hydrogen) atoms. The van der Waals surface area contributed by atoms with Crippen LogP contribution >= 0.6 is 0 Å². The highest BCUT2D eigenvalue weighted by Crippen LogP contribution is 2.39. The first-order valence-corrected chi connectivity index (χ1v) is 7.91. The summed E-state index contributed by atoms with van der Waals surface area (Å²) in [5.74, 6) is 0.142. The molecule has 0 aromatic heterocycles. The van der Waals surface area contributed by atoms with Crippen LogP contribution in [0.2, 0.25) is 0 Å². The van der Waals surface area contributed by atoms with Crippen LogP contribution in [0.4, 0.5) is 0 Å². The Morgan fingerprint density at radius 1 is 1.14 bits per heavy atom. The van der Waals surface area contributed by atoms with Gasteiger partial charge in [-0.1, -0.05) is 0 Å². The summed E-state index contributed by atoms with van der Waals surface area (Å²) in [5, 5.41) is 0. The molecule has 0 aromatic carbocycles. The zero-order valence-electron chi connectivity index (χ0n) is 14.1. The fourth-order valence-electron chi connectivity index (χ4n) is 2.82. The van der Waals surface area contributed by atoms with E-state index in [9.17, 15) is 4.79 Å². The number of ether oxygens (including phenoxy) is 1. The predicted octanol–water partition coefficient (Wildman–Crippen LogP) is 1.59. The molecule has 5 nitrogen and oxygen atoms in total. The molecule has 0 aromatic rings. The molecule has 3 aliphatic rings. The van der Waals surface area contributed by atoms with E-state index in [1.54, 1.807) is 4.58 Å². The lowest BCUT2D eigenvalue weighted by Gasteiger charge is -2.33. The van der Waals surface area contributed by atoms with Crippen LogP contribution in [0.15, 0.2) is 11.5 Å². The molecule has 0 N–H and O–H groups in total. The fourth-order valence-corrected chi connectivity index (χ4v) is 2.82. The van der Waals surface area contributed by atoms with E-state index in [2.05, 4.69) is 6.08 Å². The summed E-state index contributed by atoms with van der Waals surface area (Å²) in [6.45, 7) is 11.8. The molecule has 6 heteroatoms. The summed E-state index contributed by atoms with van der Waals surface area (Å²) in [4.78, 5) is 12.5. The first-order chi connectivity index (χ1) is 10.1. The summed E-state index contributed by atoms with van der Waals surface area (Å²) in [7, 11) is -0.318. The molecule has 2 saturated heterocycles. The van der Waals surface area contributed by atoms with Gasteiger partial charge in [-0.2, -0.15) is 4.58 Å². The zero-order valence-corrected chi connectivity index (χ0v) is 14.1. The average Bonchev–Trinajstić information content (AvgIpc) is 2.64. The molecule has 0 aliphatic carbocycles. The molecule has 2 fully saturated rings. The van der Waals surface area contributed by atoms with E-state index < -0.39 is 0 Å². The van der Waals surface area contributed by atoms with Crippen LogP contribution in [0.25, 0.3) is 0 Å². The molecule has 0 unspecified atom stereocenters. The molecule has 3 aliphatic heterocycles. The maximum Gasteiger partial charge on any atom is 0.491 e. The number of hydrogen-bond acceptors (Lipinski definition) is 4. The van der Waals surface area contributed by atoms with Crippen LogP contribution < -0.4 is 0 Å². The molecule has 0 spiro atoms. The summed E-state index contributed by atoms with van der Waals surface area (Å²) < 4.78 is 19.1. The van der Waals surface area contributed by atoms with E-state index in [0.717, 1.165) is 5.47 Å². The van der Waals surface area contributed by atoms with Gasteiger partial charge in [-0.3, -0.25) is 0 Å². The lowest BCUT2D eigenvalue weighted by atomic mass is 9.75. The van der Waals surface area contributed by atoms with Crippen molar-refractivity contribution in [2.45, 2.75) is 52.2 Å². The first kappa shape index (κ1) is 15.9.